The van der Waals surface area contributed by atoms with Crippen LogP contribution in [0.25, 0.3) is 43.9 Å². The van der Waals surface area contributed by atoms with E-state index in [1.807, 2.05) is 10.8 Å². The lowest BCUT2D eigenvalue weighted by Gasteiger charge is -2.04. The SMILES string of the molecule is NCCc1csc(-c2ccc(F)cc2)n1.O=C(NCCc1csc(-c2ccc(F)cc2)n1)c1cncc(-c2noc(C(F)(F)F)n2)c1.O=C(O)c1cncc(-c2noc(C(F)(F)F)n2)c1. The number of hydrogen-bond acceptors (Lipinski definition) is 15. The van der Waals surface area contributed by atoms with Gasteiger partial charge in [0.1, 0.15) is 21.6 Å². The zero-order valence-corrected chi connectivity index (χ0v) is 34.3. The number of nitrogens with zero attached hydrogens (tertiary/aromatic N) is 8. The number of halogens is 8. The first-order valence-corrected chi connectivity index (χ1v) is 20.1. The Labute approximate surface area is 368 Å². The molecule has 15 nitrogen and oxygen atoms in total. The van der Waals surface area contributed by atoms with Crippen LogP contribution in [-0.4, -0.2) is 70.3 Å². The number of alkyl halides is 6. The van der Waals surface area contributed by atoms with E-state index in [2.05, 4.69) is 54.6 Å². The van der Waals surface area contributed by atoms with Gasteiger partial charge >= 0.3 is 30.1 Å². The first-order valence-electron chi connectivity index (χ1n) is 18.3. The van der Waals surface area contributed by atoms with Crippen molar-refractivity contribution in [1.82, 2.24) is 45.5 Å². The topological polar surface area (TPSA) is 222 Å². The van der Waals surface area contributed by atoms with Gasteiger partial charge in [0.2, 0.25) is 11.6 Å². The van der Waals surface area contributed by atoms with E-state index in [9.17, 15) is 44.7 Å². The monoisotopic (exact) mass is 944 g/mol. The number of carboxylic acid groups (broad SMARTS) is 1. The molecule has 2 aromatic carbocycles. The summed E-state index contributed by atoms with van der Waals surface area (Å²) in [6.45, 7) is 0.878. The van der Waals surface area contributed by atoms with E-state index in [4.69, 9.17) is 10.8 Å². The van der Waals surface area contributed by atoms with Crippen molar-refractivity contribution in [3.63, 3.8) is 0 Å². The fraction of sp³-hybridized carbons (Fsp3) is 0.150. The van der Waals surface area contributed by atoms with Crippen molar-refractivity contribution in [2.24, 2.45) is 5.73 Å². The Morgan fingerprint density at radius 2 is 1.08 bits per heavy atom. The molecule has 336 valence electrons. The third-order valence-corrected chi connectivity index (χ3v) is 10.1. The highest BCUT2D eigenvalue weighted by atomic mass is 32.1. The van der Waals surface area contributed by atoms with E-state index in [1.54, 1.807) is 35.6 Å². The van der Waals surface area contributed by atoms with E-state index in [1.165, 1.54) is 54.1 Å². The highest BCUT2D eigenvalue weighted by molar-refractivity contribution is 7.13. The molecule has 0 spiro atoms. The van der Waals surface area contributed by atoms with Crippen molar-refractivity contribution < 1.29 is 58.9 Å². The average molecular weight is 945 g/mol. The van der Waals surface area contributed by atoms with Gasteiger partial charge < -0.3 is 25.2 Å². The van der Waals surface area contributed by atoms with Crippen molar-refractivity contribution in [2.75, 3.05) is 13.1 Å². The van der Waals surface area contributed by atoms with Crippen LogP contribution in [0.5, 0.6) is 0 Å². The molecule has 25 heteroatoms. The summed E-state index contributed by atoms with van der Waals surface area (Å²) in [5.74, 6) is -5.96. The van der Waals surface area contributed by atoms with Crippen LogP contribution in [0.4, 0.5) is 35.1 Å². The summed E-state index contributed by atoms with van der Waals surface area (Å²) in [5.41, 5.74) is 9.02. The zero-order chi connectivity index (χ0) is 46.7. The minimum atomic E-state index is -4.76. The van der Waals surface area contributed by atoms with Gasteiger partial charge in [-0.05, 0) is 67.2 Å². The largest absolute Gasteiger partial charge is 0.478 e. The van der Waals surface area contributed by atoms with E-state index < -0.39 is 36.0 Å². The average Bonchev–Trinajstić information content (AvgIpc) is 4.13. The number of thiazole rings is 2. The van der Waals surface area contributed by atoms with E-state index in [0.717, 1.165) is 57.4 Å². The lowest BCUT2D eigenvalue weighted by molar-refractivity contribution is -0.160. The Balaban J connectivity index is 0.000000178. The molecule has 6 heterocycles. The number of carbonyl (C=O) groups excluding carboxylic acids is 1. The van der Waals surface area contributed by atoms with Crippen LogP contribution in [0.3, 0.4) is 0 Å². The van der Waals surface area contributed by atoms with Gasteiger partial charge in [0.25, 0.3) is 5.91 Å². The summed E-state index contributed by atoms with van der Waals surface area (Å²) in [6, 6.07) is 14.8. The molecule has 0 aliphatic rings. The maximum Gasteiger partial charge on any atom is 0.471 e. The molecule has 8 aromatic rings. The molecule has 0 atom stereocenters. The van der Waals surface area contributed by atoms with Crippen molar-refractivity contribution >= 4 is 34.6 Å². The van der Waals surface area contributed by atoms with Crippen LogP contribution < -0.4 is 11.1 Å². The summed E-state index contributed by atoms with van der Waals surface area (Å²) in [5, 5.41) is 23.3. The second kappa shape index (κ2) is 20.9. The smallest absolute Gasteiger partial charge is 0.471 e. The number of benzene rings is 2. The number of pyridine rings is 2. The molecule has 1 amide bonds. The number of aromatic carboxylic acids is 1. The fourth-order valence-corrected chi connectivity index (χ4v) is 6.85. The molecule has 0 unspecified atom stereocenters. The van der Waals surface area contributed by atoms with Gasteiger partial charge in [-0.25, -0.2) is 23.5 Å². The normalized spacial score (nSPS) is 11.3. The van der Waals surface area contributed by atoms with Crippen molar-refractivity contribution in [3.05, 3.63) is 142 Å². The van der Waals surface area contributed by atoms with Crippen LogP contribution in [0.1, 0.15) is 43.9 Å². The minimum absolute atomic E-state index is 0.0224. The van der Waals surface area contributed by atoms with Crippen LogP contribution in [-0.2, 0) is 25.2 Å². The first kappa shape index (κ1) is 47.1. The molecule has 0 saturated heterocycles. The molecule has 4 N–H and O–H groups in total. The van der Waals surface area contributed by atoms with Crippen LogP contribution in [0.2, 0.25) is 0 Å². The van der Waals surface area contributed by atoms with Crippen LogP contribution in [0.15, 0.2) is 105 Å². The first-order chi connectivity index (χ1) is 31.0. The number of rotatable bonds is 11. The van der Waals surface area contributed by atoms with Gasteiger partial charge in [-0.2, -0.15) is 36.3 Å². The maximum atomic E-state index is 13.0. The number of nitrogens with two attached hydrogens (primary N) is 1. The Morgan fingerprint density at radius 3 is 1.51 bits per heavy atom. The number of carbonyl (C=O) groups is 2. The maximum absolute atomic E-state index is 13.0. The second-order valence-corrected chi connectivity index (χ2v) is 14.6. The lowest BCUT2D eigenvalue weighted by Crippen LogP contribution is -2.25. The van der Waals surface area contributed by atoms with Crippen molar-refractivity contribution in [2.45, 2.75) is 25.2 Å². The molecule has 0 aliphatic carbocycles. The third kappa shape index (κ3) is 13.1. The molecule has 8 rings (SSSR count). The second-order valence-electron chi connectivity index (χ2n) is 12.9. The molecular formula is C40H28F8N10O5S2. The number of aromatic nitrogens is 8. The van der Waals surface area contributed by atoms with E-state index in [0.29, 0.717) is 13.0 Å². The van der Waals surface area contributed by atoms with Gasteiger partial charge in [-0.3, -0.25) is 14.8 Å². The number of hydrogen-bond donors (Lipinski definition) is 3. The molecule has 0 radical (unpaired) electrons. The Bertz CT molecular complexity index is 2850. The van der Waals surface area contributed by atoms with E-state index >= 15 is 0 Å². The highest BCUT2D eigenvalue weighted by Crippen LogP contribution is 2.31. The highest BCUT2D eigenvalue weighted by Gasteiger charge is 2.39. The third-order valence-electron chi connectivity index (χ3n) is 8.19. The fourth-order valence-electron chi connectivity index (χ4n) is 5.13. The molecule has 0 saturated carbocycles. The van der Waals surface area contributed by atoms with Gasteiger partial charge in [0, 0.05) is 77.2 Å². The number of amides is 1. The summed E-state index contributed by atoms with van der Waals surface area (Å²) >= 11 is 2.97. The quantitative estimate of drug-likeness (QED) is 0.103. The van der Waals surface area contributed by atoms with Crippen molar-refractivity contribution in [3.8, 4) is 43.9 Å². The minimum Gasteiger partial charge on any atom is -0.478 e. The standard InChI is InChI=1S/C20H13F4N5O2S.C11H11FN2S.C9H4F3N3O3/c21-14-3-1-11(2-4-14)18-27-15(10-32-18)5-6-26-17(30)13-7-12(8-25-9-13)16-28-19(31-29-16)20(22,23)24;12-9-3-1-8(2-4-9)11-14-10(5-6-13)7-15-11;10-9(11,12)8-14-6(15-18-8)4-1-5(7(16)17)3-13-2-4/h1-4,7-10H,5-6H2,(H,26,30);1-4,7H,5-6,13H2;1-3H,(H,16,17). The molecule has 65 heavy (non-hydrogen) atoms. The van der Waals surface area contributed by atoms with Gasteiger partial charge in [0.15, 0.2) is 0 Å². The summed E-state index contributed by atoms with van der Waals surface area (Å²) in [4.78, 5) is 45.8. The van der Waals surface area contributed by atoms with E-state index in [-0.39, 0.29) is 52.1 Å². The lowest BCUT2D eigenvalue weighted by atomic mass is 10.2. The van der Waals surface area contributed by atoms with Crippen LogP contribution >= 0.6 is 22.7 Å². The summed E-state index contributed by atoms with van der Waals surface area (Å²) in [7, 11) is 0. The number of nitrogens with one attached hydrogen (secondary N) is 1. The predicted octanol–water partition coefficient (Wildman–Crippen LogP) is 8.68. The molecule has 0 aliphatic heterocycles. The molecule has 0 fully saturated rings. The van der Waals surface area contributed by atoms with Gasteiger partial charge in [-0.1, -0.05) is 10.3 Å². The Morgan fingerprint density at radius 1 is 0.631 bits per heavy atom. The van der Waals surface area contributed by atoms with Crippen molar-refractivity contribution in [1.29, 1.82) is 0 Å². The van der Waals surface area contributed by atoms with Gasteiger partial charge in [-0.15, -0.1) is 22.7 Å². The van der Waals surface area contributed by atoms with Crippen LogP contribution in [0, 0.1) is 11.6 Å². The Hall–Kier alpha value is -7.38. The summed E-state index contributed by atoms with van der Waals surface area (Å²) in [6.07, 6.45) is -3.57. The number of carboxylic acids is 1. The molecular weight excluding hydrogens is 917 g/mol. The Kier molecular flexibility index (Phi) is 15.1. The summed E-state index contributed by atoms with van der Waals surface area (Å²) < 4.78 is 108. The predicted molar refractivity (Wildman–Crippen MR) is 216 cm³/mol. The molecule has 6 aromatic heterocycles. The zero-order valence-electron chi connectivity index (χ0n) is 32.6. The molecule has 0 bridgehead atoms. The van der Waals surface area contributed by atoms with Gasteiger partial charge in [0.05, 0.1) is 22.5 Å².